The molecule has 0 spiro atoms. The van der Waals surface area contributed by atoms with Gasteiger partial charge >= 0.3 is 17.9 Å². The lowest BCUT2D eigenvalue weighted by Gasteiger charge is -2.25. The molecule has 0 amide bonds. The van der Waals surface area contributed by atoms with Gasteiger partial charge in [0.1, 0.15) is 13.2 Å². The molecule has 0 aromatic heterocycles. The number of ether oxygens (including phenoxy) is 4. The lowest BCUT2D eigenvalue weighted by atomic mass is 10.1. The topological polar surface area (TPSA) is 108 Å². The Balaban J connectivity index is 4.37. The number of nitrogens with zero attached hydrogens (tertiary/aromatic N) is 1. The van der Waals surface area contributed by atoms with Gasteiger partial charge in [-0.25, -0.2) is 4.79 Å². The molecule has 0 aromatic carbocycles. The highest BCUT2D eigenvalue weighted by molar-refractivity contribution is 5.71. The second-order valence-corrected chi connectivity index (χ2v) is 18.1. The fourth-order valence-electron chi connectivity index (χ4n) is 7.00. The number of quaternary nitrogens is 1. The molecule has 0 fully saturated rings. The van der Waals surface area contributed by atoms with E-state index >= 15 is 0 Å². The molecule has 0 aromatic rings. The van der Waals surface area contributed by atoms with E-state index in [1.54, 1.807) is 0 Å². The van der Waals surface area contributed by atoms with Crippen LogP contribution in [0.1, 0.15) is 226 Å². The Morgan fingerprint density at radius 1 is 0.483 bits per heavy atom. The lowest BCUT2D eigenvalue weighted by molar-refractivity contribution is -0.870. The number of carboxylic acids is 1. The van der Waals surface area contributed by atoms with Gasteiger partial charge in [0, 0.05) is 12.8 Å². The van der Waals surface area contributed by atoms with Gasteiger partial charge in [-0.2, -0.15) is 0 Å². The number of rotatable bonds is 46. The number of aliphatic carboxylic acids is 1. The Morgan fingerprint density at radius 2 is 0.850 bits per heavy atom. The first-order valence-electron chi connectivity index (χ1n) is 25.0. The molecule has 0 radical (unpaired) electrons. The molecule has 2 unspecified atom stereocenters. The Bertz CT molecular complexity index is 1040. The first-order chi connectivity index (χ1) is 29.1. The van der Waals surface area contributed by atoms with Crippen molar-refractivity contribution in [2.24, 2.45) is 0 Å². The van der Waals surface area contributed by atoms with E-state index < -0.39 is 24.3 Å². The van der Waals surface area contributed by atoms with E-state index in [1.807, 2.05) is 21.1 Å². The maximum Gasteiger partial charge on any atom is 0.361 e. The molecule has 0 rings (SSSR count). The number of unbranched alkanes of at least 4 members (excludes halogenated alkanes) is 27. The van der Waals surface area contributed by atoms with E-state index in [4.69, 9.17) is 18.9 Å². The van der Waals surface area contributed by atoms with Gasteiger partial charge in [0.15, 0.2) is 6.10 Å². The fourth-order valence-corrected chi connectivity index (χ4v) is 7.00. The summed E-state index contributed by atoms with van der Waals surface area (Å²) >= 11 is 0. The highest BCUT2D eigenvalue weighted by Crippen LogP contribution is 2.15. The van der Waals surface area contributed by atoms with Crippen LogP contribution >= 0.6 is 0 Å². The van der Waals surface area contributed by atoms with Gasteiger partial charge < -0.3 is 28.5 Å². The summed E-state index contributed by atoms with van der Waals surface area (Å²) in [5, 5.41) is 9.66. The molecule has 352 valence electrons. The summed E-state index contributed by atoms with van der Waals surface area (Å²) in [5.74, 6) is -2.01. The van der Waals surface area contributed by atoms with Crippen molar-refractivity contribution in [1.82, 2.24) is 0 Å². The summed E-state index contributed by atoms with van der Waals surface area (Å²) in [5.41, 5.74) is 0. The molecule has 0 bridgehead atoms. The Kier molecular flexibility index (Phi) is 41.8. The van der Waals surface area contributed by atoms with Crippen LogP contribution in [0.4, 0.5) is 0 Å². The Morgan fingerprint density at radius 3 is 1.23 bits per heavy atom. The molecule has 60 heavy (non-hydrogen) atoms. The molecular formula is C51H96NO8+. The number of allylic oxidation sites excluding steroid dienone is 4. The van der Waals surface area contributed by atoms with Gasteiger partial charge in [-0.1, -0.05) is 173 Å². The number of hydrogen-bond acceptors (Lipinski definition) is 7. The highest BCUT2D eigenvalue weighted by atomic mass is 16.7. The zero-order valence-electron chi connectivity index (χ0n) is 39.9. The smallest absolute Gasteiger partial charge is 0.361 e. The van der Waals surface area contributed by atoms with Crippen molar-refractivity contribution in [3.63, 3.8) is 0 Å². The highest BCUT2D eigenvalue weighted by Gasteiger charge is 2.25. The fraction of sp³-hybridized carbons (Fsp3) is 0.863. The van der Waals surface area contributed by atoms with Crippen molar-refractivity contribution in [2.45, 2.75) is 238 Å². The van der Waals surface area contributed by atoms with Gasteiger partial charge in [-0.15, -0.1) is 0 Å². The number of likely N-dealkylation sites (N-methyl/N-ethyl adjacent to an activating group) is 1. The van der Waals surface area contributed by atoms with Crippen molar-refractivity contribution in [1.29, 1.82) is 0 Å². The summed E-state index contributed by atoms with van der Waals surface area (Å²) in [7, 11) is 5.96. The molecule has 0 saturated carbocycles. The summed E-state index contributed by atoms with van der Waals surface area (Å²) in [6.07, 6.45) is 45.2. The Labute approximate surface area is 369 Å². The van der Waals surface area contributed by atoms with Gasteiger partial charge in [-0.05, 0) is 64.2 Å². The number of carbonyl (C=O) groups excluding carboxylic acids is 2. The van der Waals surface area contributed by atoms with Crippen LogP contribution in [0.15, 0.2) is 24.3 Å². The zero-order valence-corrected chi connectivity index (χ0v) is 39.9. The van der Waals surface area contributed by atoms with Crippen molar-refractivity contribution in [2.75, 3.05) is 47.5 Å². The van der Waals surface area contributed by atoms with Crippen LogP contribution < -0.4 is 0 Å². The number of esters is 2. The summed E-state index contributed by atoms with van der Waals surface area (Å²) in [6, 6.07) is 0. The molecular weight excluding hydrogens is 755 g/mol. The van der Waals surface area contributed by atoms with Crippen molar-refractivity contribution in [3.05, 3.63) is 24.3 Å². The van der Waals surface area contributed by atoms with E-state index in [9.17, 15) is 19.5 Å². The average molecular weight is 851 g/mol. The van der Waals surface area contributed by atoms with Crippen molar-refractivity contribution >= 4 is 17.9 Å². The van der Waals surface area contributed by atoms with Crippen LogP contribution in [0.25, 0.3) is 0 Å². The second-order valence-electron chi connectivity index (χ2n) is 18.1. The van der Waals surface area contributed by atoms with Crippen LogP contribution in [0, 0.1) is 0 Å². The minimum absolute atomic E-state index is 0.183. The van der Waals surface area contributed by atoms with Gasteiger partial charge in [0.2, 0.25) is 0 Å². The van der Waals surface area contributed by atoms with E-state index in [-0.39, 0.29) is 32.2 Å². The van der Waals surface area contributed by atoms with E-state index in [0.29, 0.717) is 17.4 Å². The molecule has 9 nitrogen and oxygen atoms in total. The maximum atomic E-state index is 12.8. The number of carboxylic acid groups (broad SMARTS) is 1. The molecule has 2 atom stereocenters. The van der Waals surface area contributed by atoms with Crippen LogP contribution in [0.5, 0.6) is 0 Å². The minimum atomic E-state index is -1.51. The standard InChI is InChI=1S/C51H95NO8/c1-6-8-10-12-14-16-18-20-22-24-26-28-30-32-34-36-38-40-42-49(54)60-47(46-59-51(50(55)56)57-44-43-52(3,4)5)45-58-48(53)41-39-37-35-33-31-29-27-25-23-21-19-17-15-13-11-9-7-2/h21-24,47,51H,6-20,25-46H2,1-5H3/p+1/b23-21-,24-22-. The van der Waals surface area contributed by atoms with Crippen LogP contribution in [0.2, 0.25) is 0 Å². The molecule has 0 aliphatic carbocycles. The first kappa shape index (κ1) is 57.8. The third-order valence-electron chi connectivity index (χ3n) is 10.9. The van der Waals surface area contributed by atoms with Crippen molar-refractivity contribution in [3.8, 4) is 0 Å². The van der Waals surface area contributed by atoms with Crippen LogP contribution in [-0.2, 0) is 33.3 Å². The second kappa shape index (κ2) is 43.4. The summed E-state index contributed by atoms with van der Waals surface area (Å²) < 4.78 is 22.8. The third-order valence-corrected chi connectivity index (χ3v) is 10.9. The normalized spacial score (nSPS) is 13.0. The summed E-state index contributed by atoms with van der Waals surface area (Å²) in [6.45, 7) is 4.88. The SMILES string of the molecule is CCCCCCCC/C=C\CCCCCCCCCC(=O)OCC(COC(OCC[N+](C)(C)C)C(=O)O)OC(=O)CCCCCCCCC/C=C\CCCCCCCCC. The Hall–Kier alpha value is -2.23. The van der Waals surface area contributed by atoms with E-state index in [0.717, 1.165) is 51.4 Å². The summed E-state index contributed by atoms with van der Waals surface area (Å²) in [4.78, 5) is 37.2. The number of hydrogen-bond donors (Lipinski definition) is 1. The van der Waals surface area contributed by atoms with Gasteiger partial charge in [0.05, 0.1) is 34.4 Å². The van der Waals surface area contributed by atoms with Crippen molar-refractivity contribution < 1.29 is 42.9 Å². The lowest BCUT2D eigenvalue weighted by Crippen LogP contribution is -2.40. The molecule has 0 saturated heterocycles. The first-order valence-corrected chi connectivity index (χ1v) is 25.0. The van der Waals surface area contributed by atoms with Crippen LogP contribution in [-0.4, -0.2) is 87.4 Å². The maximum absolute atomic E-state index is 12.8. The number of carbonyl (C=O) groups is 3. The molecule has 1 N–H and O–H groups in total. The monoisotopic (exact) mass is 851 g/mol. The minimum Gasteiger partial charge on any atom is -0.477 e. The zero-order chi connectivity index (χ0) is 44.2. The molecule has 0 aliphatic heterocycles. The molecule has 0 heterocycles. The van der Waals surface area contributed by atoms with Gasteiger partial charge in [-0.3, -0.25) is 9.59 Å². The van der Waals surface area contributed by atoms with Crippen LogP contribution in [0.3, 0.4) is 0 Å². The molecule has 9 heteroatoms. The predicted molar refractivity (Wildman–Crippen MR) is 249 cm³/mol. The van der Waals surface area contributed by atoms with Gasteiger partial charge in [0.25, 0.3) is 6.29 Å². The third kappa shape index (κ3) is 43.8. The largest absolute Gasteiger partial charge is 0.477 e. The quantitative estimate of drug-likeness (QED) is 0.0212. The van der Waals surface area contributed by atoms with E-state index in [2.05, 4.69) is 38.2 Å². The predicted octanol–water partition coefficient (Wildman–Crippen LogP) is 13.6. The molecule has 0 aliphatic rings. The average Bonchev–Trinajstić information content (AvgIpc) is 3.21. The van der Waals surface area contributed by atoms with E-state index in [1.165, 1.54) is 148 Å².